The molecule has 198 valence electrons. The monoisotopic (exact) mass is 514 g/mol. The summed E-state index contributed by atoms with van der Waals surface area (Å²) in [5, 5.41) is 11.3. The summed E-state index contributed by atoms with van der Waals surface area (Å²) in [6, 6.07) is 21.6. The predicted octanol–water partition coefficient (Wildman–Crippen LogP) is 4.96. The third-order valence-electron chi connectivity index (χ3n) is 6.45. The van der Waals surface area contributed by atoms with Gasteiger partial charge in [0.2, 0.25) is 0 Å². The van der Waals surface area contributed by atoms with Gasteiger partial charge < -0.3 is 24.4 Å². The number of rotatable bonds is 10. The molecule has 1 aliphatic rings. The quantitative estimate of drug-likeness (QED) is 0.234. The van der Waals surface area contributed by atoms with Crippen molar-refractivity contribution < 1.29 is 24.2 Å². The topological polar surface area (TPSA) is 79.3 Å². The summed E-state index contributed by atoms with van der Waals surface area (Å²) in [4.78, 5) is 29.8. The zero-order valence-corrected chi connectivity index (χ0v) is 22.3. The van der Waals surface area contributed by atoms with Gasteiger partial charge in [0.15, 0.2) is 0 Å². The molecule has 0 bridgehead atoms. The van der Waals surface area contributed by atoms with Crippen LogP contribution in [0.25, 0.3) is 5.76 Å². The molecule has 0 aromatic heterocycles. The number of ketones is 1. The lowest BCUT2D eigenvalue weighted by atomic mass is 9.95. The van der Waals surface area contributed by atoms with Crippen LogP contribution >= 0.6 is 0 Å². The van der Waals surface area contributed by atoms with Crippen LogP contribution in [0.4, 0.5) is 0 Å². The number of hydrogen-bond acceptors (Lipinski definition) is 6. The van der Waals surface area contributed by atoms with Crippen molar-refractivity contribution in [1.82, 2.24) is 9.80 Å². The van der Waals surface area contributed by atoms with Crippen LogP contribution in [0.15, 0.2) is 78.4 Å². The van der Waals surface area contributed by atoms with E-state index in [4.69, 9.17) is 9.47 Å². The van der Waals surface area contributed by atoms with Gasteiger partial charge in [-0.05, 0) is 75.5 Å². The second-order valence-electron chi connectivity index (χ2n) is 9.60. The Morgan fingerprint density at radius 3 is 2.24 bits per heavy atom. The molecule has 0 spiro atoms. The number of likely N-dealkylation sites (tertiary alicyclic amines) is 1. The van der Waals surface area contributed by atoms with E-state index in [0.29, 0.717) is 43.4 Å². The molecule has 1 saturated heterocycles. The Morgan fingerprint density at radius 2 is 1.61 bits per heavy atom. The second kappa shape index (κ2) is 12.0. The third kappa shape index (κ3) is 6.06. The minimum atomic E-state index is -0.706. The molecule has 3 aromatic rings. The molecule has 4 rings (SSSR count). The fraction of sp³-hybridized carbons (Fsp3) is 0.290. The molecule has 0 radical (unpaired) electrons. The van der Waals surface area contributed by atoms with Gasteiger partial charge in [-0.3, -0.25) is 9.59 Å². The molecule has 38 heavy (non-hydrogen) atoms. The van der Waals surface area contributed by atoms with Crippen LogP contribution in [0.5, 0.6) is 11.5 Å². The summed E-state index contributed by atoms with van der Waals surface area (Å²) in [7, 11) is 3.82. The Morgan fingerprint density at radius 1 is 0.947 bits per heavy atom. The second-order valence-corrected chi connectivity index (χ2v) is 9.60. The van der Waals surface area contributed by atoms with E-state index in [9.17, 15) is 14.7 Å². The van der Waals surface area contributed by atoms with Gasteiger partial charge in [-0.1, -0.05) is 42.0 Å². The fourth-order valence-electron chi connectivity index (χ4n) is 4.51. The van der Waals surface area contributed by atoms with Crippen LogP contribution in [0.3, 0.4) is 0 Å². The standard InChI is InChI=1S/C31H34N2O5/c1-5-37-25-13-9-23(10-14-25)28-27(30(35)31(36)33(28)18-17-32(3)4)29(34)24-11-15-26(16-12-24)38-20-22-8-6-7-21(2)19-22/h6-16,19,28,34H,5,17-18,20H2,1-4H3/b29-27+. The summed E-state index contributed by atoms with van der Waals surface area (Å²) in [6.07, 6.45) is 0. The Balaban J connectivity index is 1.64. The van der Waals surface area contributed by atoms with E-state index in [0.717, 1.165) is 16.7 Å². The maximum absolute atomic E-state index is 13.2. The van der Waals surface area contributed by atoms with E-state index in [2.05, 4.69) is 6.07 Å². The Hall–Kier alpha value is -4.10. The number of Topliss-reactive ketones (excluding diaryl/α,β-unsaturated/α-hetero) is 1. The number of aryl methyl sites for hydroxylation is 1. The summed E-state index contributed by atoms with van der Waals surface area (Å²) < 4.78 is 11.4. The Kier molecular flexibility index (Phi) is 8.48. The molecule has 1 fully saturated rings. The summed E-state index contributed by atoms with van der Waals surface area (Å²) in [5.41, 5.74) is 3.47. The van der Waals surface area contributed by atoms with Gasteiger partial charge in [-0.25, -0.2) is 0 Å². The number of nitrogens with zero attached hydrogens (tertiary/aromatic N) is 2. The number of carbonyl (C=O) groups is 2. The molecule has 3 aromatic carbocycles. The van der Waals surface area contributed by atoms with Crippen molar-refractivity contribution >= 4 is 17.4 Å². The van der Waals surface area contributed by atoms with Crippen LogP contribution in [0.2, 0.25) is 0 Å². The molecular weight excluding hydrogens is 480 g/mol. The lowest BCUT2D eigenvalue weighted by Crippen LogP contribution is -2.35. The SMILES string of the molecule is CCOc1ccc(C2/C(=C(\O)c3ccc(OCc4cccc(C)c4)cc3)C(=O)C(=O)N2CCN(C)C)cc1. The highest BCUT2D eigenvalue weighted by molar-refractivity contribution is 6.46. The molecule has 1 heterocycles. The molecule has 0 aliphatic carbocycles. The minimum absolute atomic E-state index is 0.0753. The molecular formula is C31H34N2O5. The molecule has 1 atom stereocenters. The van der Waals surface area contributed by atoms with Crippen molar-refractivity contribution in [3.63, 3.8) is 0 Å². The number of ether oxygens (including phenoxy) is 2. The molecule has 1 N–H and O–H groups in total. The van der Waals surface area contributed by atoms with Crippen molar-refractivity contribution in [3.8, 4) is 11.5 Å². The first-order valence-electron chi connectivity index (χ1n) is 12.7. The lowest BCUT2D eigenvalue weighted by Gasteiger charge is -2.26. The smallest absolute Gasteiger partial charge is 0.295 e. The number of benzene rings is 3. The molecule has 1 amide bonds. The highest BCUT2D eigenvalue weighted by Crippen LogP contribution is 2.39. The summed E-state index contributed by atoms with van der Waals surface area (Å²) in [6.45, 7) is 5.81. The van der Waals surface area contributed by atoms with Gasteiger partial charge in [-0.2, -0.15) is 0 Å². The average Bonchev–Trinajstić information content (AvgIpc) is 3.16. The Bertz CT molecular complexity index is 1310. The first-order chi connectivity index (χ1) is 18.3. The number of carbonyl (C=O) groups excluding carboxylic acids is 2. The van der Waals surface area contributed by atoms with E-state index in [-0.39, 0.29) is 11.3 Å². The molecule has 7 nitrogen and oxygen atoms in total. The van der Waals surface area contributed by atoms with Crippen molar-refractivity contribution in [3.05, 3.63) is 101 Å². The van der Waals surface area contributed by atoms with E-state index in [1.165, 1.54) is 4.90 Å². The van der Waals surface area contributed by atoms with Gasteiger partial charge in [0.05, 0.1) is 18.2 Å². The number of aliphatic hydroxyl groups excluding tert-OH is 1. The van der Waals surface area contributed by atoms with Crippen molar-refractivity contribution in [2.45, 2.75) is 26.5 Å². The van der Waals surface area contributed by atoms with Gasteiger partial charge in [-0.15, -0.1) is 0 Å². The number of aliphatic hydroxyl groups is 1. The van der Waals surface area contributed by atoms with Gasteiger partial charge >= 0.3 is 0 Å². The number of amides is 1. The summed E-state index contributed by atoms with van der Waals surface area (Å²) in [5.74, 6) is -0.189. The highest BCUT2D eigenvalue weighted by atomic mass is 16.5. The largest absolute Gasteiger partial charge is 0.507 e. The van der Waals surface area contributed by atoms with Crippen LogP contribution < -0.4 is 9.47 Å². The van der Waals surface area contributed by atoms with E-state index < -0.39 is 17.7 Å². The number of likely N-dealkylation sites (N-methyl/N-ethyl adjacent to an activating group) is 1. The number of hydrogen-bond donors (Lipinski definition) is 1. The minimum Gasteiger partial charge on any atom is -0.507 e. The maximum atomic E-state index is 13.2. The van der Waals surface area contributed by atoms with Crippen molar-refractivity contribution in [1.29, 1.82) is 0 Å². The molecule has 0 saturated carbocycles. The summed E-state index contributed by atoms with van der Waals surface area (Å²) >= 11 is 0. The average molecular weight is 515 g/mol. The first-order valence-corrected chi connectivity index (χ1v) is 12.7. The van der Waals surface area contributed by atoms with Gasteiger partial charge in [0.25, 0.3) is 11.7 Å². The van der Waals surface area contributed by atoms with Gasteiger partial charge in [0.1, 0.15) is 23.9 Å². The third-order valence-corrected chi connectivity index (χ3v) is 6.45. The van der Waals surface area contributed by atoms with Crippen LogP contribution in [0.1, 0.15) is 35.2 Å². The zero-order chi connectivity index (χ0) is 27.2. The normalized spacial score (nSPS) is 16.8. The Labute approximate surface area is 223 Å². The first kappa shape index (κ1) is 26.9. The molecule has 1 aliphatic heterocycles. The van der Waals surface area contributed by atoms with Gasteiger partial charge in [0, 0.05) is 18.7 Å². The van der Waals surface area contributed by atoms with Crippen molar-refractivity contribution in [2.75, 3.05) is 33.8 Å². The lowest BCUT2D eigenvalue weighted by molar-refractivity contribution is -0.140. The molecule has 1 unspecified atom stereocenters. The zero-order valence-electron chi connectivity index (χ0n) is 22.3. The van der Waals surface area contributed by atoms with Crippen molar-refractivity contribution in [2.24, 2.45) is 0 Å². The molecule has 7 heteroatoms. The van der Waals surface area contributed by atoms with E-state index >= 15 is 0 Å². The van der Waals surface area contributed by atoms with Crippen LogP contribution in [-0.4, -0.2) is 60.4 Å². The van der Waals surface area contributed by atoms with E-state index in [1.54, 1.807) is 24.3 Å². The highest BCUT2D eigenvalue weighted by Gasteiger charge is 2.45. The van der Waals surface area contributed by atoms with Crippen LogP contribution in [-0.2, 0) is 16.2 Å². The van der Waals surface area contributed by atoms with E-state index in [1.807, 2.05) is 75.3 Å². The predicted molar refractivity (Wildman–Crippen MR) is 147 cm³/mol. The fourth-order valence-corrected chi connectivity index (χ4v) is 4.51. The van der Waals surface area contributed by atoms with Crippen LogP contribution in [0, 0.1) is 6.92 Å². The maximum Gasteiger partial charge on any atom is 0.295 e.